The summed E-state index contributed by atoms with van der Waals surface area (Å²) < 4.78 is 5.64. The van der Waals surface area contributed by atoms with E-state index in [1.807, 2.05) is 18.0 Å². The maximum absolute atomic E-state index is 5.64. The quantitative estimate of drug-likeness (QED) is 0.713. The van der Waals surface area contributed by atoms with E-state index in [1.54, 1.807) is 0 Å². The molecule has 4 rings (SSSR count). The molecule has 1 saturated heterocycles. The number of aliphatic imine (C=N–C) groups is 1. The first kappa shape index (κ1) is 8.35. The number of nitrogens with one attached hydrogen (secondary N) is 1. The molecular formula is C10H11N3OS. The molecular weight excluding hydrogens is 210 g/mol. The van der Waals surface area contributed by atoms with E-state index in [9.17, 15) is 0 Å². The molecule has 0 amide bonds. The third kappa shape index (κ3) is 1.02. The van der Waals surface area contributed by atoms with Crippen LogP contribution in [0.2, 0.25) is 0 Å². The number of nitrogens with zero attached hydrogens (tertiary/aromatic N) is 2. The molecule has 4 nitrogen and oxygen atoms in total. The Hall–Kier alpha value is -0.810. The van der Waals surface area contributed by atoms with E-state index in [0.29, 0.717) is 11.8 Å². The van der Waals surface area contributed by atoms with Crippen LogP contribution in [-0.4, -0.2) is 40.9 Å². The fourth-order valence-electron chi connectivity index (χ4n) is 2.76. The molecule has 5 heteroatoms. The predicted molar refractivity (Wildman–Crippen MR) is 57.6 cm³/mol. The molecule has 3 aliphatic rings. The standard InChI is InChI=1S/C10H11N3OS/c1-7-8-6(3-15-9(7)13-12-1)2-14-5-10(8)4-11-10/h1,4,6,8H,2-3,5H2,(H,12,13)/t6-,8-,10-/m1/s1. The highest BCUT2D eigenvalue weighted by molar-refractivity contribution is 7.99. The number of hydrogen-bond acceptors (Lipinski definition) is 4. The monoisotopic (exact) mass is 221 g/mol. The molecule has 0 aliphatic carbocycles. The minimum Gasteiger partial charge on any atom is -0.378 e. The molecule has 15 heavy (non-hydrogen) atoms. The van der Waals surface area contributed by atoms with Gasteiger partial charge in [0.05, 0.1) is 24.4 Å². The molecule has 0 radical (unpaired) electrons. The Labute approximate surface area is 91.5 Å². The van der Waals surface area contributed by atoms with Crippen molar-refractivity contribution in [2.45, 2.75) is 16.5 Å². The van der Waals surface area contributed by atoms with Gasteiger partial charge in [0.15, 0.2) is 0 Å². The number of H-pyrrole nitrogens is 1. The Morgan fingerprint density at radius 2 is 2.53 bits per heavy atom. The Morgan fingerprint density at radius 3 is 3.40 bits per heavy atom. The molecule has 1 spiro atoms. The molecule has 78 valence electrons. The third-order valence-electron chi connectivity index (χ3n) is 3.54. The molecule has 1 N–H and O–H groups in total. The van der Waals surface area contributed by atoms with Crippen molar-refractivity contribution >= 4 is 18.0 Å². The molecule has 0 aromatic carbocycles. The first-order chi connectivity index (χ1) is 7.39. The van der Waals surface area contributed by atoms with E-state index in [-0.39, 0.29) is 5.54 Å². The van der Waals surface area contributed by atoms with Crippen LogP contribution in [0, 0.1) is 5.92 Å². The summed E-state index contributed by atoms with van der Waals surface area (Å²) in [7, 11) is 0. The van der Waals surface area contributed by atoms with E-state index in [2.05, 4.69) is 21.4 Å². The molecule has 0 saturated carbocycles. The van der Waals surface area contributed by atoms with Crippen molar-refractivity contribution in [3.63, 3.8) is 0 Å². The van der Waals surface area contributed by atoms with Gasteiger partial charge in [-0.1, -0.05) is 0 Å². The Morgan fingerprint density at radius 1 is 1.60 bits per heavy atom. The second-order valence-corrected chi connectivity index (χ2v) is 5.50. The van der Waals surface area contributed by atoms with Gasteiger partial charge in [0, 0.05) is 29.4 Å². The minimum absolute atomic E-state index is 0.0114. The van der Waals surface area contributed by atoms with Crippen LogP contribution in [-0.2, 0) is 4.74 Å². The van der Waals surface area contributed by atoms with Crippen molar-refractivity contribution in [1.29, 1.82) is 0 Å². The predicted octanol–water partition coefficient (Wildman–Crippen LogP) is 1.07. The van der Waals surface area contributed by atoms with Crippen molar-refractivity contribution < 1.29 is 4.74 Å². The summed E-state index contributed by atoms with van der Waals surface area (Å²) in [5, 5.41) is 8.45. The highest BCUT2D eigenvalue weighted by Crippen LogP contribution is 2.51. The van der Waals surface area contributed by atoms with Gasteiger partial charge >= 0.3 is 0 Å². The van der Waals surface area contributed by atoms with Crippen LogP contribution >= 0.6 is 11.8 Å². The fourth-order valence-corrected chi connectivity index (χ4v) is 3.90. The van der Waals surface area contributed by atoms with E-state index in [1.165, 1.54) is 10.6 Å². The van der Waals surface area contributed by atoms with Gasteiger partial charge in [-0.05, 0) is 0 Å². The van der Waals surface area contributed by atoms with Crippen LogP contribution < -0.4 is 0 Å². The average Bonchev–Trinajstić information content (AvgIpc) is 2.86. The molecule has 1 fully saturated rings. The zero-order valence-electron chi connectivity index (χ0n) is 8.14. The molecule has 3 aliphatic heterocycles. The average molecular weight is 221 g/mol. The largest absolute Gasteiger partial charge is 0.378 e. The van der Waals surface area contributed by atoms with Crippen molar-refractivity contribution in [3.05, 3.63) is 11.8 Å². The van der Waals surface area contributed by atoms with Crippen LogP contribution in [0.5, 0.6) is 0 Å². The maximum atomic E-state index is 5.64. The first-order valence-corrected chi connectivity index (χ1v) is 6.18. The lowest BCUT2D eigenvalue weighted by Crippen LogP contribution is -2.44. The smallest absolute Gasteiger partial charge is 0.125 e. The van der Waals surface area contributed by atoms with Gasteiger partial charge < -0.3 is 4.74 Å². The number of rotatable bonds is 0. The number of thioether (sulfide) groups is 1. The van der Waals surface area contributed by atoms with Crippen LogP contribution in [0.25, 0.3) is 0 Å². The lowest BCUT2D eigenvalue weighted by molar-refractivity contribution is 0.0267. The summed E-state index contributed by atoms with van der Waals surface area (Å²) in [6, 6.07) is 0. The molecule has 4 heterocycles. The zero-order valence-corrected chi connectivity index (χ0v) is 8.96. The van der Waals surface area contributed by atoms with E-state index >= 15 is 0 Å². The zero-order chi connectivity index (χ0) is 9.88. The first-order valence-electron chi connectivity index (χ1n) is 5.19. The van der Waals surface area contributed by atoms with Gasteiger partial charge in [0.1, 0.15) is 5.54 Å². The van der Waals surface area contributed by atoms with Gasteiger partial charge in [-0.2, -0.15) is 5.10 Å². The van der Waals surface area contributed by atoms with Gasteiger partial charge in [-0.15, -0.1) is 11.8 Å². The SMILES string of the molecule is C1=N[C@@]12COC[C@@H]1CSc3[nH]ncc3[C@@H]12. The van der Waals surface area contributed by atoms with Gasteiger partial charge in [-0.3, -0.25) is 10.1 Å². The Kier molecular flexibility index (Phi) is 1.48. The number of aromatic amines is 1. The molecule has 1 aromatic heterocycles. The fraction of sp³-hybridized carbons (Fsp3) is 0.600. The van der Waals surface area contributed by atoms with E-state index in [0.717, 1.165) is 19.0 Å². The van der Waals surface area contributed by atoms with Crippen molar-refractivity contribution in [1.82, 2.24) is 10.2 Å². The summed E-state index contributed by atoms with van der Waals surface area (Å²) in [5.41, 5.74) is 1.33. The van der Waals surface area contributed by atoms with E-state index < -0.39 is 0 Å². The van der Waals surface area contributed by atoms with Crippen molar-refractivity contribution in [2.75, 3.05) is 19.0 Å². The lowest BCUT2D eigenvalue weighted by Gasteiger charge is -2.39. The van der Waals surface area contributed by atoms with Gasteiger partial charge in [-0.25, -0.2) is 0 Å². The number of fused-ring (bicyclic) bond motifs is 4. The number of aromatic nitrogens is 2. The topological polar surface area (TPSA) is 50.3 Å². The Balaban J connectivity index is 1.82. The summed E-state index contributed by atoms with van der Waals surface area (Å²) in [6.07, 6.45) is 4.02. The van der Waals surface area contributed by atoms with E-state index in [4.69, 9.17) is 4.74 Å². The summed E-state index contributed by atoms with van der Waals surface area (Å²) in [5.74, 6) is 2.21. The summed E-state index contributed by atoms with van der Waals surface area (Å²) in [6.45, 7) is 1.62. The van der Waals surface area contributed by atoms with Crippen molar-refractivity contribution in [2.24, 2.45) is 10.9 Å². The normalized spacial score (nSPS) is 41.3. The number of ether oxygens (including phenoxy) is 1. The highest BCUT2D eigenvalue weighted by Gasteiger charge is 2.54. The van der Waals surface area contributed by atoms with Crippen molar-refractivity contribution in [3.8, 4) is 0 Å². The minimum atomic E-state index is -0.0114. The maximum Gasteiger partial charge on any atom is 0.125 e. The summed E-state index contributed by atoms with van der Waals surface area (Å²) in [4.78, 5) is 4.46. The summed E-state index contributed by atoms with van der Waals surface area (Å²) >= 11 is 1.86. The lowest BCUT2D eigenvalue weighted by atomic mass is 9.76. The molecule has 0 unspecified atom stereocenters. The van der Waals surface area contributed by atoms with Crippen LogP contribution in [0.4, 0.5) is 0 Å². The molecule has 0 bridgehead atoms. The highest BCUT2D eigenvalue weighted by atomic mass is 32.2. The van der Waals surface area contributed by atoms with Gasteiger partial charge in [0.2, 0.25) is 0 Å². The van der Waals surface area contributed by atoms with Gasteiger partial charge in [0.25, 0.3) is 0 Å². The third-order valence-corrected chi connectivity index (χ3v) is 4.76. The molecule has 3 atom stereocenters. The number of hydrogen-bond donors (Lipinski definition) is 1. The molecule has 1 aromatic rings. The van der Waals surface area contributed by atoms with Crippen LogP contribution in [0.15, 0.2) is 16.2 Å². The second-order valence-electron chi connectivity index (χ2n) is 4.47. The van der Waals surface area contributed by atoms with Crippen LogP contribution in [0.1, 0.15) is 11.5 Å². The van der Waals surface area contributed by atoms with Crippen LogP contribution in [0.3, 0.4) is 0 Å². The second kappa shape index (κ2) is 2.65. The Bertz CT molecular complexity index is 436.